The molecular weight excluding hydrogens is 342 g/mol. The number of nitro groups is 1. The van der Waals surface area contributed by atoms with Gasteiger partial charge in [0.2, 0.25) is 0 Å². The predicted molar refractivity (Wildman–Crippen MR) is 104 cm³/mol. The SMILES string of the molecule is CCNC(=O)c1cccc2c1NC(c1cccc([N+](=O)[O-])c1)C1CC=CC21. The summed E-state index contributed by atoms with van der Waals surface area (Å²) in [4.78, 5) is 23.4. The van der Waals surface area contributed by atoms with Crippen LogP contribution in [0.4, 0.5) is 11.4 Å². The van der Waals surface area contributed by atoms with Crippen molar-refractivity contribution in [2.45, 2.75) is 25.3 Å². The first kappa shape index (κ1) is 17.3. The number of allylic oxidation sites excluding steroid dienone is 2. The molecule has 1 aliphatic carbocycles. The summed E-state index contributed by atoms with van der Waals surface area (Å²) in [5.74, 6) is 0.351. The second-order valence-electron chi connectivity index (χ2n) is 6.96. The van der Waals surface area contributed by atoms with E-state index in [1.54, 1.807) is 12.1 Å². The number of anilines is 1. The molecule has 6 nitrogen and oxygen atoms in total. The molecule has 27 heavy (non-hydrogen) atoms. The first-order chi connectivity index (χ1) is 13.1. The van der Waals surface area contributed by atoms with Gasteiger partial charge < -0.3 is 10.6 Å². The van der Waals surface area contributed by atoms with Gasteiger partial charge in [-0.15, -0.1) is 0 Å². The van der Waals surface area contributed by atoms with Crippen molar-refractivity contribution in [3.63, 3.8) is 0 Å². The van der Waals surface area contributed by atoms with E-state index in [9.17, 15) is 14.9 Å². The zero-order valence-electron chi connectivity index (χ0n) is 15.0. The van der Waals surface area contributed by atoms with E-state index in [1.807, 2.05) is 25.1 Å². The second kappa shape index (κ2) is 6.87. The molecule has 0 spiro atoms. The van der Waals surface area contributed by atoms with Gasteiger partial charge in [0, 0.05) is 24.6 Å². The maximum atomic E-state index is 12.5. The van der Waals surface area contributed by atoms with Crippen molar-refractivity contribution in [2.75, 3.05) is 11.9 Å². The van der Waals surface area contributed by atoms with Gasteiger partial charge in [-0.05, 0) is 36.5 Å². The van der Waals surface area contributed by atoms with Crippen LogP contribution in [0.15, 0.2) is 54.6 Å². The van der Waals surface area contributed by atoms with Crippen LogP contribution in [0.5, 0.6) is 0 Å². The number of para-hydroxylation sites is 1. The molecule has 2 N–H and O–H groups in total. The number of carbonyl (C=O) groups is 1. The summed E-state index contributed by atoms with van der Waals surface area (Å²) in [5, 5.41) is 17.6. The average Bonchev–Trinajstić information content (AvgIpc) is 3.17. The molecule has 1 aliphatic heterocycles. The number of nitrogens with one attached hydrogen (secondary N) is 2. The maximum absolute atomic E-state index is 12.5. The molecule has 0 radical (unpaired) electrons. The number of fused-ring (bicyclic) bond motifs is 3. The van der Waals surface area contributed by atoms with Crippen molar-refractivity contribution in [3.05, 3.63) is 81.4 Å². The summed E-state index contributed by atoms with van der Waals surface area (Å²) in [7, 11) is 0. The predicted octanol–water partition coefficient (Wildman–Crippen LogP) is 4.17. The number of rotatable bonds is 4. The highest BCUT2D eigenvalue weighted by atomic mass is 16.6. The molecule has 0 saturated heterocycles. The number of carbonyl (C=O) groups excluding carboxylic acids is 1. The third-order valence-corrected chi connectivity index (χ3v) is 5.42. The minimum atomic E-state index is -0.370. The molecule has 2 aromatic carbocycles. The molecule has 2 aromatic rings. The molecule has 1 heterocycles. The number of non-ortho nitro benzene ring substituents is 1. The minimum absolute atomic E-state index is 0.0830. The molecule has 0 aromatic heterocycles. The number of benzene rings is 2. The van der Waals surface area contributed by atoms with Crippen LogP contribution in [-0.2, 0) is 0 Å². The van der Waals surface area contributed by atoms with Crippen molar-refractivity contribution in [3.8, 4) is 0 Å². The van der Waals surface area contributed by atoms with Crippen molar-refractivity contribution in [1.29, 1.82) is 0 Å². The fourth-order valence-corrected chi connectivity index (χ4v) is 4.23. The van der Waals surface area contributed by atoms with E-state index in [-0.39, 0.29) is 34.4 Å². The average molecular weight is 363 g/mol. The first-order valence-corrected chi connectivity index (χ1v) is 9.18. The second-order valence-corrected chi connectivity index (χ2v) is 6.96. The number of nitrogens with zero attached hydrogens (tertiary/aromatic N) is 1. The zero-order valence-corrected chi connectivity index (χ0v) is 15.0. The van der Waals surface area contributed by atoms with E-state index in [0.717, 1.165) is 23.2 Å². The quantitative estimate of drug-likeness (QED) is 0.485. The Kier molecular flexibility index (Phi) is 4.39. The first-order valence-electron chi connectivity index (χ1n) is 9.18. The molecule has 6 heteroatoms. The number of nitro benzene ring substituents is 1. The van der Waals surface area contributed by atoms with E-state index < -0.39 is 0 Å². The molecule has 3 atom stereocenters. The van der Waals surface area contributed by atoms with Gasteiger partial charge in [0.25, 0.3) is 11.6 Å². The number of hydrogen-bond acceptors (Lipinski definition) is 4. The molecule has 4 rings (SSSR count). The van der Waals surface area contributed by atoms with Gasteiger partial charge in [-0.2, -0.15) is 0 Å². The van der Waals surface area contributed by atoms with Crippen LogP contribution < -0.4 is 10.6 Å². The summed E-state index contributed by atoms with van der Waals surface area (Å²) in [6.07, 6.45) is 5.25. The van der Waals surface area contributed by atoms with E-state index in [0.29, 0.717) is 12.1 Å². The third kappa shape index (κ3) is 2.97. The van der Waals surface area contributed by atoms with Crippen molar-refractivity contribution in [2.24, 2.45) is 5.92 Å². The normalized spacial score (nSPS) is 22.5. The number of amides is 1. The van der Waals surface area contributed by atoms with Gasteiger partial charge >= 0.3 is 0 Å². The Morgan fingerprint density at radius 3 is 2.89 bits per heavy atom. The van der Waals surface area contributed by atoms with Crippen LogP contribution in [0.2, 0.25) is 0 Å². The Labute approximate surface area is 157 Å². The van der Waals surface area contributed by atoms with Crippen LogP contribution in [0.1, 0.15) is 46.8 Å². The lowest BCUT2D eigenvalue weighted by atomic mass is 9.76. The summed E-state index contributed by atoms with van der Waals surface area (Å²) < 4.78 is 0. The topological polar surface area (TPSA) is 84.3 Å². The smallest absolute Gasteiger partial charge is 0.269 e. The lowest BCUT2D eigenvalue weighted by Crippen LogP contribution is -2.32. The monoisotopic (exact) mass is 363 g/mol. The van der Waals surface area contributed by atoms with Gasteiger partial charge in [-0.1, -0.05) is 36.4 Å². The lowest BCUT2D eigenvalue weighted by Gasteiger charge is -2.38. The van der Waals surface area contributed by atoms with E-state index in [4.69, 9.17) is 0 Å². The van der Waals surface area contributed by atoms with Crippen LogP contribution in [-0.4, -0.2) is 17.4 Å². The zero-order chi connectivity index (χ0) is 19.0. The van der Waals surface area contributed by atoms with E-state index >= 15 is 0 Å². The van der Waals surface area contributed by atoms with E-state index in [2.05, 4.69) is 28.9 Å². The van der Waals surface area contributed by atoms with Gasteiger partial charge in [-0.3, -0.25) is 14.9 Å². The maximum Gasteiger partial charge on any atom is 0.269 e. The third-order valence-electron chi connectivity index (χ3n) is 5.42. The van der Waals surface area contributed by atoms with Crippen LogP contribution >= 0.6 is 0 Å². The highest BCUT2D eigenvalue weighted by Crippen LogP contribution is 2.50. The van der Waals surface area contributed by atoms with Crippen LogP contribution in [0.3, 0.4) is 0 Å². The molecule has 0 bridgehead atoms. The molecular formula is C21H21N3O3. The standard InChI is InChI=1S/C21H21N3O3/c1-2-22-21(25)18-11-5-10-17-15-8-4-9-16(15)19(23-20(17)18)13-6-3-7-14(12-13)24(26)27/h3-8,10-12,15-16,19,23H,2,9H2,1H3,(H,22,25). The Bertz CT molecular complexity index is 938. The molecule has 3 unspecified atom stereocenters. The Hall–Kier alpha value is -3.15. The van der Waals surface area contributed by atoms with E-state index in [1.165, 1.54) is 6.07 Å². The summed E-state index contributed by atoms with van der Waals surface area (Å²) in [6, 6.07) is 12.5. The van der Waals surface area contributed by atoms with Gasteiger partial charge in [0.1, 0.15) is 0 Å². The molecule has 2 aliphatic rings. The van der Waals surface area contributed by atoms with Crippen molar-refractivity contribution < 1.29 is 9.72 Å². The molecule has 1 amide bonds. The number of hydrogen-bond donors (Lipinski definition) is 2. The highest BCUT2D eigenvalue weighted by Gasteiger charge is 2.39. The Morgan fingerprint density at radius 2 is 2.11 bits per heavy atom. The Balaban J connectivity index is 1.79. The fraction of sp³-hybridized carbons (Fsp3) is 0.286. The summed E-state index contributed by atoms with van der Waals surface area (Å²) in [6.45, 7) is 2.45. The largest absolute Gasteiger partial charge is 0.377 e. The molecule has 138 valence electrons. The molecule has 0 fully saturated rings. The van der Waals surface area contributed by atoms with Gasteiger partial charge in [0.05, 0.1) is 22.2 Å². The lowest BCUT2D eigenvalue weighted by molar-refractivity contribution is -0.384. The fourth-order valence-electron chi connectivity index (χ4n) is 4.23. The summed E-state index contributed by atoms with van der Waals surface area (Å²) in [5.41, 5.74) is 3.51. The van der Waals surface area contributed by atoms with Crippen molar-refractivity contribution in [1.82, 2.24) is 5.32 Å². The van der Waals surface area contributed by atoms with Crippen LogP contribution in [0, 0.1) is 16.0 Å². The summed E-state index contributed by atoms with van der Waals surface area (Å²) >= 11 is 0. The van der Waals surface area contributed by atoms with Gasteiger partial charge in [0.15, 0.2) is 0 Å². The highest BCUT2D eigenvalue weighted by molar-refractivity contribution is 6.00. The van der Waals surface area contributed by atoms with Crippen molar-refractivity contribution >= 4 is 17.3 Å². The van der Waals surface area contributed by atoms with Gasteiger partial charge in [-0.25, -0.2) is 0 Å². The molecule has 0 saturated carbocycles. The minimum Gasteiger partial charge on any atom is -0.377 e. The Morgan fingerprint density at radius 1 is 1.30 bits per heavy atom. The van der Waals surface area contributed by atoms with Crippen LogP contribution in [0.25, 0.3) is 0 Å².